The molecule has 3 unspecified atom stereocenters. The van der Waals surface area contributed by atoms with Crippen LogP contribution in [0.25, 0.3) is 0 Å². The molecule has 0 aromatic rings. The Labute approximate surface area is 148 Å². The monoisotopic (exact) mass is 426 g/mol. The molecular weight excluding hydrogens is 395 g/mol. The average Bonchev–Trinajstić information content (AvgIpc) is 2.82. The quantitative estimate of drug-likeness (QED) is 0.348. The lowest BCUT2D eigenvalue weighted by molar-refractivity contribution is -0.163. The smallest absolute Gasteiger partial charge is 0.312 e. The highest BCUT2D eigenvalue weighted by molar-refractivity contribution is 14.1. The van der Waals surface area contributed by atoms with Gasteiger partial charge in [0.1, 0.15) is 12.7 Å². The van der Waals surface area contributed by atoms with Crippen molar-refractivity contribution in [3.05, 3.63) is 0 Å². The molecule has 0 N–H and O–H groups in total. The summed E-state index contributed by atoms with van der Waals surface area (Å²) in [7, 11) is 0. The van der Waals surface area contributed by atoms with Crippen molar-refractivity contribution in [3.63, 3.8) is 0 Å². The number of carbonyl (C=O) groups is 1. The summed E-state index contributed by atoms with van der Waals surface area (Å²) in [6.45, 7) is 15.3. The number of carbonyl (C=O) groups excluding carboxylic acids is 1. The van der Waals surface area contributed by atoms with Gasteiger partial charge >= 0.3 is 5.97 Å². The van der Waals surface area contributed by atoms with Gasteiger partial charge in [-0.05, 0) is 19.3 Å². The van der Waals surface area contributed by atoms with Crippen molar-refractivity contribution in [1.82, 2.24) is 0 Å². The third-order valence-corrected chi connectivity index (χ3v) is 4.63. The van der Waals surface area contributed by atoms with Crippen molar-refractivity contribution in [2.24, 2.45) is 17.3 Å². The van der Waals surface area contributed by atoms with Crippen LogP contribution >= 0.6 is 22.6 Å². The molecule has 0 amide bonds. The zero-order valence-corrected chi connectivity index (χ0v) is 17.1. The molecule has 1 aliphatic heterocycles. The van der Waals surface area contributed by atoms with Crippen LogP contribution in [0.15, 0.2) is 0 Å². The standard InChI is InChI=1S/C17H31IO4/c1-11(2)14-20-8-13(22-14)9-21-15(19)17(7,12(3)4)10-16(5,6)18/h11-14H,8-10H2,1-7H3. The van der Waals surface area contributed by atoms with Gasteiger partial charge in [0.2, 0.25) is 0 Å². The Hall–Kier alpha value is 0.120. The molecule has 4 nitrogen and oxygen atoms in total. The molecule has 22 heavy (non-hydrogen) atoms. The fraction of sp³-hybridized carbons (Fsp3) is 0.941. The van der Waals surface area contributed by atoms with Crippen LogP contribution in [0.2, 0.25) is 0 Å². The van der Waals surface area contributed by atoms with Gasteiger partial charge in [-0.3, -0.25) is 4.79 Å². The van der Waals surface area contributed by atoms with Crippen molar-refractivity contribution < 1.29 is 19.0 Å². The fourth-order valence-corrected chi connectivity index (χ4v) is 3.42. The number of halogens is 1. The second kappa shape index (κ2) is 7.79. The first kappa shape index (κ1) is 20.2. The normalized spacial score (nSPS) is 25.5. The summed E-state index contributed by atoms with van der Waals surface area (Å²) in [6, 6.07) is 0. The Kier molecular flexibility index (Phi) is 7.14. The van der Waals surface area contributed by atoms with Crippen LogP contribution in [0.5, 0.6) is 0 Å². The predicted octanol–water partition coefficient (Wildman–Crippen LogP) is 4.19. The van der Waals surface area contributed by atoms with Crippen molar-refractivity contribution >= 4 is 28.6 Å². The molecule has 1 aliphatic rings. The Balaban J connectivity index is 2.58. The maximum absolute atomic E-state index is 12.6. The molecule has 3 atom stereocenters. The fourth-order valence-electron chi connectivity index (χ4n) is 2.63. The van der Waals surface area contributed by atoms with Crippen molar-refractivity contribution in [2.75, 3.05) is 13.2 Å². The highest BCUT2D eigenvalue weighted by atomic mass is 127. The molecule has 0 bridgehead atoms. The van der Waals surface area contributed by atoms with E-state index in [1.807, 2.05) is 6.92 Å². The number of alkyl halides is 1. The van der Waals surface area contributed by atoms with Gasteiger partial charge < -0.3 is 14.2 Å². The van der Waals surface area contributed by atoms with E-state index in [1.165, 1.54) is 0 Å². The van der Waals surface area contributed by atoms with E-state index >= 15 is 0 Å². The summed E-state index contributed by atoms with van der Waals surface area (Å²) >= 11 is 2.39. The van der Waals surface area contributed by atoms with Crippen LogP contribution in [0.3, 0.4) is 0 Å². The Morgan fingerprint density at radius 3 is 2.27 bits per heavy atom. The third-order valence-electron chi connectivity index (χ3n) is 4.25. The number of ether oxygens (including phenoxy) is 3. The second-order valence-electron chi connectivity index (χ2n) is 7.77. The largest absolute Gasteiger partial charge is 0.462 e. The van der Waals surface area contributed by atoms with Crippen molar-refractivity contribution in [1.29, 1.82) is 0 Å². The van der Waals surface area contributed by atoms with E-state index in [9.17, 15) is 4.79 Å². The molecule has 0 aromatic heterocycles. The minimum absolute atomic E-state index is 0.0471. The average molecular weight is 426 g/mol. The summed E-state index contributed by atoms with van der Waals surface area (Å²) in [5.41, 5.74) is -0.485. The van der Waals surface area contributed by atoms with Gasteiger partial charge in [-0.1, -0.05) is 64.1 Å². The van der Waals surface area contributed by atoms with Crippen LogP contribution in [-0.2, 0) is 19.0 Å². The Bertz CT molecular complexity index is 375. The van der Waals surface area contributed by atoms with Gasteiger partial charge in [0.25, 0.3) is 0 Å². The number of hydrogen-bond acceptors (Lipinski definition) is 4. The summed E-state index contributed by atoms with van der Waals surface area (Å²) in [4.78, 5) is 12.6. The van der Waals surface area contributed by atoms with E-state index in [1.54, 1.807) is 0 Å². The highest BCUT2D eigenvalue weighted by Crippen LogP contribution is 2.40. The van der Waals surface area contributed by atoms with E-state index in [0.29, 0.717) is 12.5 Å². The van der Waals surface area contributed by atoms with Crippen LogP contribution in [0.1, 0.15) is 54.9 Å². The second-order valence-corrected chi connectivity index (χ2v) is 10.7. The van der Waals surface area contributed by atoms with Crippen molar-refractivity contribution in [2.45, 2.75) is 70.7 Å². The first-order valence-electron chi connectivity index (χ1n) is 8.09. The third kappa shape index (κ3) is 5.64. The minimum atomic E-state index is -0.485. The molecule has 0 spiro atoms. The van der Waals surface area contributed by atoms with E-state index in [-0.39, 0.29) is 34.3 Å². The van der Waals surface area contributed by atoms with E-state index in [0.717, 1.165) is 6.42 Å². The Morgan fingerprint density at radius 2 is 1.86 bits per heavy atom. The molecule has 0 radical (unpaired) electrons. The molecule has 130 valence electrons. The van der Waals surface area contributed by atoms with Gasteiger partial charge in [0.05, 0.1) is 12.0 Å². The molecule has 1 fully saturated rings. The molecule has 1 saturated heterocycles. The number of esters is 1. The maximum atomic E-state index is 12.6. The first-order valence-corrected chi connectivity index (χ1v) is 9.17. The number of rotatable bonds is 7. The van der Waals surface area contributed by atoms with E-state index in [2.05, 4.69) is 64.1 Å². The van der Waals surface area contributed by atoms with Crippen LogP contribution in [-0.4, -0.2) is 35.0 Å². The lowest BCUT2D eigenvalue weighted by Crippen LogP contribution is -2.40. The van der Waals surface area contributed by atoms with Crippen LogP contribution in [0.4, 0.5) is 0 Å². The zero-order chi connectivity index (χ0) is 17.1. The van der Waals surface area contributed by atoms with Gasteiger partial charge in [0.15, 0.2) is 6.29 Å². The molecule has 1 rings (SSSR count). The molecular formula is C17H31IO4. The predicted molar refractivity (Wildman–Crippen MR) is 96.1 cm³/mol. The SMILES string of the molecule is CC(C)C1OCC(COC(=O)C(C)(CC(C)(C)I)C(C)C)O1. The van der Waals surface area contributed by atoms with Gasteiger partial charge in [-0.25, -0.2) is 0 Å². The topological polar surface area (TPSA) is 44.8 Å². The summed E-state index contributed by atoms with van der Waals surface area (Å²) < 4.78 is 16.9. The molecule has 0 aliphatic carbocycles. The zero-order valence-electron chi connectivity index (χ0n) is 14.9. The van der Waals surface area contributed by atoms with Gasteiger partial charge in [0, 0.05) is 9.34 Å². The first-order chi connectivity index (χ1) is 9.95. The number of hydrogen-bond donors (Lipinski definition) is 0. The van der Waals surface area contributed by atoms with E-state index < -0.39 is 5.41 Å². The van der Waals surface area contributed by atoms with Gasteiger partial charge in [-0.2, -0.15) is 0 Å². The molecule has 0 aromatic carbocycles. The molecule has 1 heterocycles. The lowest BCUT2D eigenvalue weighted by Gasteiger charge is -2.36. The van der Waals surface area contributed by atoms with Crippen LogP contribution < -0.4 is 0 Å². The minimum Gasteiger partial charge on any atom is -0.462 e. The highest BCUT2D eigenvalue weighted by Gasteiger charge is 2.42. The summed E-state index contributed by atoms with van der Waals surface area (Å²) in [6.07, 6.45) is 0.446. The van der Waals surface area contributed by atoms with Gasteiger partial charge in [-0.15, -0.1) is 0 Å². The molecule has 0 saturated carbocycles. The molecule has 5 heteroatoms. The van der Waals surface area contributed by atoms with Crippen LogP contribution in [0, 0.1) is 17.3 Å². The summed E-state index contributed by atoms with van der Waals surface area (Å²) in [5, 5.41) is 0. The Morgan fingerprint density at radius 1 is 1.27 bits per heavy atom. The maximum Gasteiger partial charge on any atom is 0.312 e. The lowest BCUT2D eigenvalue weighted by atomic mass is 9.73. The van der Waals surface area contributed by atoms with Crippen molar-refractivity contribution in [3.8, 4) is 0 Å². The summed E-state index contributed by atoms with van der Waals surface area (Å²) in [5.74, 6) is 0.392. The van der Waals surface area contributed by atoms with E-state index in [4.69, 9.17) is 14.2 Å².